The van der Waals surface area contributed by atoms with E-state index in [-0.39, 0.29) is 6.42 Å². The summed E-state index contributed by atoms with van der Waals surface area (Å²) in [5.74, 6) is -2.20. The molecule has 2 saturated carbocycles. The number of hydrogen-bond donors (Lipinski definition) is 4. The third kappa shape index (κ3) is 1.85. The van der Waals surface area contributed by atoms with Crippen LogP contribution in [0, 0.1) is 10.8 Å². The van der Waals surface area contributed by atoms with Crippen LogP contribution in [0.2, 0.25) is 0 Å². The maximum Gasteiger partial charge on any atom is 0.314 e. The molecule has 0 aromatic heterocycles. The molecular weight excluding hydrogens is 260 g/mol. The van der Waals surface area contributed by atoms with Gasteiger partial charge >= 0.3 is 11.9 Å². The van der Waals surface area contributed by atoms with Crippen LogP contribution in [0.5, 0.6) is 0 Å². The molecule has 0 aromatic carbocycles. The number of carboxylic acids is 2. The highest BCUT2D eigenvalue weighted by Crippen LogP contribution is 2.58. The summed E-state index contributed by atoms with van der Waals surface area (Å²) in [7, 11) is 0. The van der Waals surface area contributed by atoms with Gasteiger partial charge in [-0.25, -0.2) is 0 Å². The molecule has 0 heterocycles. The smallest absolute Gasteiger partial charge is 0.314 e. The van der Waals surface area contributed by atoms with Crippen molar-refractivity contribution in [3.8, 4) is 0 Å². The minimum Gasteiger partial charge on any atom is -0.481 e. The number of aliphatic carboxylic acids is 2. The van der Waals surface area contributed by atoms with Crippen LogP contribution in [0.25, 0.3) is 0 Å². The van der Waals surface area contributed by atoms with E-state index < -0.39 is 28.4 Å². The summed E-state index contributed by atoms with van der Waals surface area (Å²) in [4.78, 5) is 24.1. The normalized spacial score (nSPS) is 32.5. The van der Waals surface area contributed by atoms with Crippen LogP contribution < -0.4 is 11.5 Å². The Morgan fingerprint density at radius 2 is 1.25 bits per heavy atom. The number of rotatable bonds is 3. The molecule has 2 fully saturated rings. The lowest BCUT2D eigenvalue weighted by Crippen LogP contribution is -2.74. The third-order valence-electron chi connectivity index (χ3n) is 5.49. The van der Waals surface area contributed by atoms with E-state index in [0.29, 0.717) is 25.7 Å². The summed E-state index contributed by atoms with van der Waals surface area (Å²) in [5.41, 5.74) is 7.93. The van der Waals surface area contributed by atoms with E-state index in [0.717, 1.165) is 25.7 Å². The quantitative estimate of drug-likeness (QED) is 0.578. The van der Waals surface area contributed by atoms with Crippen LogP contribution in [0.3, 0.4) is 0 Å². The first-order valence-corrected chi connectivity index (χ1v) is 7.35. The maximum absolute atomic E-state index is 12.1. The summed E-state index contributed by atoms with van der Waals surface area (Å²) in [6, 6.07) is 0. The van der Waals surface area contributed by atoms with Crippen molar-refractivity contribution in [2.24, 2.45) is 22.3 Å². The molecule has 0 radical (unpaired) electrons. The number of hydrogen-bond acceptors (Lipinski definition) is 4. The molecule has 0 bridgehead atoms. The number of nitrogens with two attached hydrogens (primary N) is 2. The second-order valence-electron chi connectivity index (χ2n) is 6.41. The molecular formula is C14H24N2O4. The lowest BCUT2D eigenvalue weighted by Gasteiger charge is -2.56. The predicted molar refractivity (Wildman–Crippen MR) is 72.8 cm³/mol. The first-order valence-electron chi connectivity index (χ1n) is 7.35. The topological polar surface area (TPSA) is 127 Å². The van der Waals surface area contributed by atoms with Gasteiger partial charge in [-0.2, -0.15) is 0 Å². The Kier molecular flexibility index (Phi) is 3.81. The Bertz CT molecular complexity index is 415. The Balaban J connectivity index is 2.60. The van der Waals surface area contributed by atoms with Gasteiger partial charge in [0.05, 0.1) is 11.1 Å². The van der Waals surface area contributed by atoms with Crippen molar-refractivity contribution in [3.63, 3.8) is 0 Å². The highest BCUT2D eigenvalue weighted by atomic mass is 16.4. The van der Waals surface area contributed by atoms with Crippen LogP contribution in [-0.2, 0) is 9.59 Å². The van der Waals surface area contributed by atoms with Gasteiger partial charge in [0.15, 0.2) is 0 Å². The summed E-state index contributed by atoms with van der Waals surface area (Å²) in [6.07, 6.45) is 5.10. The summed E-state index contributed by atoms with van der Waals surface area (Å²) < 4.78 is 0. The molecule has 0 saturated heterocycles. The molecule has 0 amide bonds. The fraction of sp³-hybridized carbons (Fsp3) is 0.857. The fourth-order valence-corrected chi connectivity index (χ4v) is 4.43. The SMILES string of the molecule is NC1(N)CCCCC1(C(=O)O)C1(C(=O)O)CCCCC1. The van der Waals surface area contributed by atoms with Gasteiger partial charge in [-0.05, 0) is 25.7 Å². The van der Waals surface area contributed by atoms with Crippen molar-refractivity contribution in [1.29, 1.82) is 0 Å². The molecule has 2 aliphatic rings. The number of carbonyl (C=O) groups is 2. The van der Waals surface area contributed by atoms with Crippen molar-refractivity contribution >= 4 is 11.9 Å². The van der Waals surface area contributed by atoms with E-state index in [1.165, 1.54) is 0 Å². The average molecular weight is 284 g/mol. The molecule has 6 N–H and O–H groups in total. The standard InChI is InChI=1S/C14H24N2O4/c15-14(16)9-5-4-8-13(14,11(19)20)12(10(17)18)6-2-1-3-7-12/h1-9,15-16H2,(H,17,18)(H,19,20). The zero-order valence-electron chi connectivity index (χ0n) is 11.7. The predicted octanol–water partition coefficient (Wildman–Crippen LogP) is 1.28. The molecule has 1 unspecified atom stereocenters. The van der Waals surface area contributed by atoms with Gasteiger partial charge in [-0.3, -0.25) is 9.59 Å². The zero-order chi connectivity index (χ0) is 15.0. The molecule has 0 aliphatic heterocycles. The fourth-order valence-electron chi connectivity index (χ4n) is 4.43. The van der Waals surface area contributed by atoms with Gasteiger partial charge in [-0.15, -0.1) is 0 Å². The Labute approximate surface area is 118 Å². The molecule has 2 rings (SSSR count). The van der Waals surface area contributed by atoms with Crippen LogP contribution >= 0.6 is 0 Å². The van der Waals surface area contributed by atoms with Crippen LogP contribution in [-0.4, -0.2) is 27.8 Å². The summed E-state index contributed by atoms with van der Waals surface area (Å²) >= 11 is 0. The van der Waals surface area contributed by atoms with Gasteiger partial charge in [0.1, 0.15) is 5.41 Å². The molecule has 114 valence electrons. The van der Waals surface area contributed by atoms with Crippen molar-refractivity contribution in [2.75, 3.05) is 0 Å². The van der Waals surface area contributed by atoms with E-state index in [1.807, 2.05) is 0 Å². The molecule has 6 nitrogen and oxygen atoms in total. The molecule has 6 heteroatoms. The average Bonchev–Trinajstić information content (AvgIpc) is 2.38. The van der Waals surface area contributed by atoms with Gasteiger partial charge in [0.25, 0.3) is 0 Å². The summed E-state index contributed by atoms with van der Waals surface area (Å²) in [5, 5.41) is 19.7. The summed E-state index contributed by atoms with van der Waals surface area (Å²) in [6.45, 7) is 0. The van der Waals surface area contributed by atoms with Crippen molar-refractivity contribution in [2.45, 2.75) is 63.5 Å². The first kappa shape index (κ1) is 15.3. The lowest BCUT2D eigenvalue weighted by atomic mass is 9.48. The van der Waals surface area contributed by atoms with Gasteiger partial charge < -0.3 is 21.7 Å². The van der Waals surface area contributed by atoms with E-state index in [4.69, 9.17) is 11.5 Å². The van der Waals surface area contributed by atoms with Crippen LogP contribution in [0.4, 0.5) is 0 Å². The highest BCUT2D eigenvalue weighted by molar-refractivity contribution is 5.88. The van der Waals surface area contributed by atoms with E-state index in [2.05, 4.69) is 0 Å². The van der Waals surface area contributed by atoms with Crippen molar-refractivity contribution < 1.29 is 19.8 Å². The minimum atomic E-state index is -1.56. The van der Waals surface area contributed by atoms with E-state index >= 15 is 0 Å². The first-order chi connectivity index (χ1) is 9.30. The van der Waals surface area contributed by atoms with Gasteiger partial charge in [0, 0.05) is 0 Å². The molecule has 1 atom stereocenters. The third-order valence-corrected chi connectivity index (χ3v) is 5.49. The second-order valence-corrected chi connectivity index (χ2v) is 6.41. The van der Waals surface area contributed by atoms with Crippen LogP contribution in [0.1, 0.15) is 57.8 Å². The Morgan fingerprint density at radius 3 is 1.70 bits per heavy atom. The highest BCUT2D eigenvalue weighted by Gasteiger charge is 2.68. The molecule has 0 aromatic rings. The van der Waals surface area contributed by atoms with Crippen molar-refractivity contribution in [3.05, 3.63) is 0 Å². The lowest BCUT2D eigenvalue weighted by molar-refractivity contribution is -0.192. The largest absolute Gasteiger partial charge is 0.481 e. The monoisotopic (exact) mass is 284 g/mol. The number of carboxylic acid groups (broad SMARTS) is 2. The minimum absolute atomic E-state index is 0.252. The maximum atomic E-state index is 12.1. The Morgan fingerprint density at radius 1 is 0.750 bits per heavy atom. The zero-order valence-corrected chi connectivity index (χ0v) is 11.7. The van der Waals surface area contributed by atoms with Gasteiger partial charge in [-0.1, -0.05) is 32.1 Å². The molecule has 2 aliphatic carbocycles. The van der Waals surface area contributed by atoms with Crippen molar-refractivity contribution in [1.82, 2.24) is 0 Å². The van der Waals surface area contributed by atoms with Crippen LogP contribution in [0.15, 0.2) is 0 Å². The van der Waals surface area contributed by atoms with E-state index in [1.54, 1.807) is 0 Å². The second kappa shape index (κ2) is 5.00. The Hall–Kier alpha value is -1.14. The molecule has 20 heavy (non-hydrogen) atoms. The molecule has 0 spiro atoms. The van der Waals surface area contributed by atoms with E-state index in [9.17, 15) is 19.8 Å². The van der Waals surface area contributed by atoms with Gasteiger partial charge in [0.2, 0.25) is 0 Å².